The van der Waals surface area contributed by atoms with Gasteiger partial charge in [-0.3, -0.25) is 14.9 Å². The highest BCUT2D eigenvalue weighted by Crippen LogP contribution is 2.40. The molecule has 0 saturated heterocycles. The molecule has 0 bridgehead atoms. The van der Waals surface area contributed by atoms with Crippen molar-refractivity contribution in [1.29, 1.82) is 0 Å². The Morgan fingerprint density at radius 3 is 2.92 bits per heavy atom. The zero-order valence-electron chi connectivity index (χ0n) is 13.3. The molecule has 0 aliphatic rings. The molecule has 7 nitrogen and oxygen atoms in total. The lowest BCUT2D eigenvalue weighted by molar-refractivity contribution is -0.105. The summed E-state index contributed by atoms with van der Waals surface area (Å²) in [5.41, 5.74) is 1.17. The van der Waals surface area contributed by atoms with E-state index in [9.17, 15) is 13.6 Å². The molecular weight excluding hydrogens is 366 g/mol. The molecule has 26 heavy (non-hydrogen) atoms. The van der Waals surface area contributed by atoms with E-state index >= 15 is 0 Å². The predicted octanol–water partition coefficient (Wildman–Crippen LogP) is 3.66. The molecule has 0 aliphatic heterocycles. The Hall–Kier alpha value is -3.07. The first-order valence-electron chi connectivity index (χ1n) is 7.54. The number of aromatic nitrogens is 5. The summed E-state index contributed by atoms with van der Waals surface area (Å²) in [6.07, 6.45) is 5.01. The van der Waals surface area contributed by atoms with Gasteiger partial charge in [0.25, 0.3) is 0 Å². The number of nitrogens with zero attached hydrogens (tertiary/aromatic N) is 4. The normalized spacial score (nSPS) is 12.6. The first-order valence-corrected chi connectivity index (χ1v) is 7.92. The Morgan fingerprint density at radius 1 is 1.38 bits per heavy atom. The number of amides is 1. The zero-order chi connectivity index (χ0) is 18.4. The third kappa shape index (κ3) is 2.39. The number of anilines is 1. The Labute approximate surface area is 150 Å². The molecule has 0 fully saturated rings. The second-order valence-electron chi connectivity index (χ2n) is 5.62. The molecule has 0 aliphatic carbocycles. The van der Waals surface area contributed by atoms with Crippen molar-refractivity contribution >= 4 is 40.4 Å². The lowest BCUT2D eigenvalue weighted by atomic mass is 10.0. The number of carbonyl (C=O) groups excluding carboxylic acids is 1. The van der Waals surface area contributed by atoms with Crippen molar-refractivity contribution in [2.24, 2.45) is 0 Å². The molecule has 10 heteroatoms. The Morgan fingerprint density at radius 2 is 2.19 bits per heavy atom. The first kappa shape index (κ1) is 16.4. The van der Waals surface area contributed by atoms with Gasteiger partial charge in [-0.25, -0.2) is 13.8 Å². The van der Waals surface area contributed by atoms with E-state index in [2.05, 4.69) is 25.5 Å². The van der Waals surface area contributed by atoms with Crippen LogP contribution in [-0.4, -0.2) is 31.0 Å². The average molecular weight is 377 g/mol. The largest absolute Gasteiger partial charge is 0.312 e. The van der Waals surface area contributed by atoms with Gasteiger partial charge in [0.2, 0.25) is 6.41 Å². The number of alkyl halides is 1. The van der Waals surface area contributed by atoms with Crippen molar-refractivity contribution in [2.75, 3.05) is 5.32 Å². The predicted molar refractivity (Wildman–Crippen MR) is 92.3 cm³/mol. The summed E-state index contributed by atoms with van der Waals surface area (Å²) in [7, 11) is 0. The molecular formula is C16H11ClF2N6O. The Balaban J connectivity index is 1.98. The summed E-state index contributed by atoms with van der Waals surface area (Å²) in [6.45, 7) is 1.23. The van der Waals surface area contributed by atoms with E-state index in [0.29, 0.717) is 29.0 Å². The lowest BCUT2D eigenvalue weighted by Crippen LogP contribution is -1.99. The van der Waals surface area contributed by atoms with Gasteiger partial charge in [-0.15, -0.1) is 0 Å². The number of aromatic amines is 1. The van der Waals surface area contributed by atoms with Crippen LogP contribution in [-0.2, 0) is 4.79 Å². The van der Waals surface area contributed by atoms with Crippen molar-refractivity contribution < 1.29 is 13.6 Å². The minimum absolute atomic E-state index is 0.174. The highest BCUT2D eigenvalue weighted by molar-refractivity contribution is 6.35. The number of imidazole rings is 1. The third-order valence-corrected chi connectivity index (χ3v) is 4.38. The minimum atomic E-state index is -1.56. The Bertz CT molecular complexity index is 1150. The van der Waals surface area contributed by atoms with Crippen LogP contribution in [0.2, 0.25) is 5.02 Å². The van der Waals surface area contributed by atoms with Gasteiger partial charge in [0, 0.05) is 22.7 Å². The van der Waals surface area contributed by atoms with Gasteiger partial charge in [-0.1, -0.05) is 11.6 Å². The van der Waals surface area contributed by atoms with Crippen molar-refractivity contribution in [2.45, 2.75) is 13.1 Å². The van der Waals surface area contributed by atoms with Crippen molar-refractivity contribution in [3.8, 4) is 11.3 Å². The van der Waals surface area contributed by atoms with Crippen molar-refractivity contribution in [3.63, 3.8) is 0 Å². The number of carbonyl (C=O) groups is 1. The van der Waals surface area contributed by atoms with E-state index in [1.165, 1.54) is 19.3 Å². The number of hydrogen-bond acceptors (Lipinski definition) is 4. The standard InChI is InChI=1S/C16H11ClF2N6O/c1-7(18)12-15(19)14(17)13(8-2-22-24-16(8)12)9-4-25-5-10(21-6-26)23-11(25)3-20-9/h2-7H,1H3,(H,21,26)(H,22,24). The highest BCUT2D eigenvalue weighted by Gasteiger charge is 2.25. The van der Waals surface area contributed by atoms with Crippen LogP contribution in [0.15, 0.2) is 24.8 Å². The van der Waals surface area contributed by atoms with Crippen LogP contribution in [0, 0.1) is 5.82 Å². The molecule has 2 N–H and O–H groups in total. The van der Waals surface area contributed by atoms with Crippen LogP contribution >= 0.6 is 11.6 Å². The van der Waals surface area contributed by atoms with E-state index in [0.717, 1.165) is 0 Å². The number of nitrogens with one attached hydrogen (secondary N) is 2. The molecule has 0 radical (unpaired) electrons. The van der Waals surface area contributed by atoms with Gasteiger partial charge < -0.3 is 9.72 Å². The molecule has 132 valence electrons. The van der Waals surface area contributed by atoms with Crippen LogP contribution < -0.4 is 5.32 Å². The third-order valence-electron chi connectivity index (χ3n) is 4.03. The molecule has 4 rings (SSSR count). The molecule has 4 aromatic rings. The molecule has 3 aromatic heterocycles. The highest BCUT2D eigenvalue weighted by atomic mass is 35.5. The fourth-order valence-corrected chi connectivity index (χ4v) is 3.22. The van der Waals surface area contributed by atoms with Gasteiger partial charge in [-0.05, 0) is 6.92 Å². The molecule has 1 atom stereocenters. The minimum Gasteiger partial charge on any atom is -0.312 e. The molecule has 0 saturated carbocycles. The van der Waals surface area contributed by atoms with E-state index in [4.69, 9.17) is 11.6 Å². The van der Waals surface area contributed by atoms with Crippen LogP contribution in [0.1, 0.15) is 18.7 Å². The monoisotopic (exact) mass is 376 g/mol. The lowest BCUT2D eigenvalue weighted by Gasteiger charge is -2.12. The number of fused-ring (bicyclic) bond motifs is 2. The number of H-pyrrole nitrogens is 1. The molecule has 1 aromatic carbocycles. The van der Waals surface area contributed by atoms with E-state index in [-0.39, 0.29) is 21.7 Å². The molecule has 3 heterocycles. The van der Waals surface area contributed by atoms with Gasteiger partial charge >= 0.3 is 0 Å². The summed E-state index contributed by atoms with van der Waals surface area (Å²) >= 11 is 6.21. The van der Waals surface area contributed by atoms with Crippen molar-refractivity contribution in [3.05, 3.63) is 41.2 Å². The van der Waals surface area contributed by atoms with Crippen LogP contribution in [0.3, 0.4) is 0 Å². The number of rotatable bonds is 4. The molecule has 1 amide bonds. The summed E-state index contributed by atoms with van der Waals surface area (Å²) in [5, 5.41) is 9.16. The summed E-state index contributed by atoms with van der Waals surface area (Å²) in [5.74, 6) is -0.518. The fourth-order valence-electron chi connectivity index (χ4n) is 2.92. The molecule has 1 unspecified atom stereocenters. The van der Waals surface area contributed by atoms with Gasteiger partial charge in [-0.2, -0.15) is 5.10 Å². The van der Waals surface area contributed by atoms with Crippen molar-refractivity contribution in [1.82, 2.24) is 24.6 Å². The maximum Gasteiger partial charge on any atom is 0.212 e. The average Bonchev–Trinajstić information content (AvgIpc) is 3.21. The Kier molecular flexibility index (Phi) is 3.80. The number of benzene rings is 1. The van der Waals surface area contributed by atoms with Crippen LogP contribution in [0.5, 0.6) is 0 Å². The fraction of sp³-hybridized carbons (Fsp3) is 0.125. The summed E-state index contributed by atoms with van der Waals surface area (Å²) in [4.78, 5) is 19.0. The second kappa shape index (κ2) is 6.03. The van der Waals surface area contributed by atoms with Gasteiger partial charge in [0.15, 0.2) is 17.3 Å². The summed E-state index contributed by atoms with van der Waals surface area (Å²) in [6, 6.07) is 0. The smallest absolute Gasteiger partial charge is 0.212 e. The van der Waals surface area contributed by atoms with Crippen LogP contribution in [0.4, 0.5) is 14.6 Å². The maximum atomic E-state index is 14.7. The molecule has 0 spiro atoms. The zero-order valence-corrected chi connectivity index (χ0v) is 14.1. The quantitative estimate of drug-likeness (QED) is 0.532. The maximum absolute atomic E-state index is 14.7. The summed E-state index contributed by atoms with van der Waals surface area (Å²) < 4.78 is 30.2. The van der Waals surface area contributed by atoms with E-state index in [1.807, 2.05) is 0 Å². The topological polar surface area (TPSA) is 88.0 Å². The van der Waals surface area contributed by atoms with Gasteiger partial charge in [0.05, 0.1) is 34.8 Å². The SMILES string of the molecule is CC(F)c1c(F)c(Cl)c(-c2cn3cc(NC=O)nc3cn2)c2cn[nH]c12. The first-order chi connectivity index (χ1) is 12.5. The number of halogens is 3. The van der Waals surface area contributed by atoms with Crippen LogP contribution in [0.25, 0.3) is 27.8 Å². The second-order valence-corrected chi connectivity index (χ2v) is 6.00. The van der Waals surface area contributed by atoms with E-state index < -0.39 is 12.0 Å². The van der Waals surface area contributed by atoms with Gasteiger partial charge in [0.1, 0.15) is 6.17 Å². The van der Waals surface area contributed by atoms with E-state index in [1.54, 1.807) is 16.8 Å². The number of hydrogen-bond donors (Lipinski definition) is 2.